The highest BCUT2D eigenvalue weighted by atomic mass is 79.9. The minimum atomic E-state index is -0.685. The molecule has 6 aromatic rings. The van der Waals surface area contributed by atoms with Crippen molar-refractivity contribution >= 4 is 78.0 Å². The molecule has 1 N–H and O–H groups in total. The molecule has 6 rings (SSSR count). The van der Waals surface area contributed by atoms with Gasteiger partial charge in [0.25, 0.3) is 0 Å². The molecule has 0 bridgehead atoms. The zero-order valence-corrected chi connectivity index (χ0v) is 37.8. The van der Waals surface area contributed by atoms with E-state index in [4.69, 9.17) is 9.47 Å². The van der Waals surface area contributed by atoms with Crippen LogP contribution < -0.4 is 21.1 Å². The zero-order valence-electron chi connectivity index (χ0n) is 34.6. The first-order valence-electron chi connectivity index (χ1n) is 19.2. The number of nitrogens with zero attached hydrogens (tertiary/aromatic N) is 3. The summed E-state index contributed by atoms with van der Waals surface area (Å²) in [6.07, 6.45) is 3.02. The van der Waals surface area contributed by atoms with Crippen molar-refractivity contribution in [2.45, 2.75) is 67.7 Å². The molecule has 0 amide bonds. The average Bonchev–Trinajstić information content (AvgIpc) is 3.90. The number of rotatable bonds is 13. The second-order valence-electron chi connectivity index (χ2n) is 14.4. The molecule has 0 saturated carbocycles. The Morgan fingerprint density at radius 2 is 1.25 bits per heavy atom. The second kappa shape index (κ2) is 22.1. The van der Waals surface area contributed by atoms with Gasteiger partial charge in [0.05, 0.1) is 41.0 Å². The van der Waals surface area contributed by atoms with Gasteiger partial charge >= 0.3 is 11.9 Å². The van der Waals surface area contributed by atoms with E-state index >= 15 is 0 Å². The van der Waals surface area contributed by atoms with Crippen molar-refractivity contribution in [2.75, 3.05) is 32.2 Å². The maximum absolute atomic E-state index is 15.0. The molecule has 0 aliphatic heterocycles. The maximum atomic E-state index is 15.0. The van der Waals surface area contributed by atoms with Crippen LogP contribution in [-0.2, 0) is 35.7 Å². The molecular formula is C44H51BrF2N4O6S2. The van der Waals surface area contributed by atoms with Crippen molar-refractivity contribution in [2.24, 2.45) is 11.8 Å². The molecule has 0 unspecified atom stereocenters. The number of nitrogens with one attached hydrogen (secondary N) is 1. The van der Waals surface area contributed by atoms with Crippen LogP contribution in [-0.4, -0.2) is 48.4 Å². The van der Waals surface area contributed by atoms with Crippen LogP contribution in [0.15, 0.2) is 85.7 Å². The number of anilines is 1. The van der Waals surface area contributed by atoms with Crippen molar-refractivity contribution in [3.63, 3.8) is 0 Å². The van der Waals surface area contributed by atoms with Crippen molar-refractivity contribution in [3.05, 3.63) is 129 Å². The number of fused-ring (bicyclic) bond motifs is 2. The molecule has 0 aliphatic carbocycles. The van der Waals surface area contributed by atoms with E-state index in [1.165, 1.54) is 23.3 Å². The Morgan fingerprint density at radius 3 is 1.69 bits per heavy atom. The van der Waals surface area contributed by atoms with Gasteiger partial charge in [-0.3, -0.25) is 9.59 Å². The number of benzene rings is 2. The van der Waals surface area contributed by atoms with E-state index in [9.17, 15) is 28.0 Å². The quantitative estimate of drug-likeness (QED) is 0.114. The van der Waals surface area contributed by atoms with E-state index in [2.05, 4.69) is 38.8 Å². The summed E-state index contributed by atoms with van der Waals surface area (Å²) in [7, 11) is 3.78. The van der Waals surface area contributed by atoms with Gasteiger partial charge in [0.15, 0.2) is 0 Å². The van der Waals surface area contributed by atoms with Gasteiger partial charge in [-0.05, 0) is 95.8 Å². The van der Waals surface area contributed by atoms with Crippen molar-refractivity contribution in [1.29, 1.82) is 0 Å². The first-order valence-corrected chi connectivity index (χ1v) is 21.8. The average molecular weight is 914 g/mol. The number of halogens is 3. The predicted molar refractivity (Wildman–Crippen MR) is 239 cm³/mol. The Balaban J connectivity index is 0.000000225. The third-order valence-electron chi connectivity index (χ3n) is 8.70. The monoisotopic (exact) mass is 912 g/mol. The van der Waals surface area contributed by atoms with Crippen LogP contribution in [0.3, 0.4) is 0 Å². The van der Waals surface area contributed by atoms with Gasteiger partial charge in [-0.1, -0.05) is 39.8 Å². The smallest absolute Gasteiger partial charge is 0.343 e. The fourth-order valence-corrected chi connectivity index (χ4v) is 7.99. The number of hydrogen-bond donors (Lipinski definition) is 1. The number of ether oxygens (including phenoxy) is 2. The molecule has 10 nitrogen and oxygen atoms in total. The highest BCUT2D eigenvalue weighted by Gasteiger charge is 2.21. The topological polar surface area (TPSA) is 112 Å². The standard InChI is InChI=1S/C22H25FN2O3S.C16H17BrFNO3.C6H9NS/c1-5-28-22(27)17-13-25(11-14(2)3)19-10-20(18(23)9-16(19)21(17)26)24(4)12-15-7-6-8-29-15;1-4-22-16(21)11-8-19(7-9(2)3)14-6-12(17)13(18)5-10(14)15(11)20;1-7-5-6-3-2-4-8-6/h6-10,13-14H,5,11-12H2,1-4H3;5-6,8-9H,4,7H2,1-3H3;2-4,7H,5H2,1H3. The summed E-state index contributed by atoms with van der Waals surface area (Å²) < 4.78 is 42.6. The van der Waals surface area contributed by atoms with Crippen LogP contribution in [0.1, 0.15) is 72.0 Å². The van der Waals surface area contributed by atoms with Gasteiger partial charge in [-0.2, -0.15) is 0 Å². The second-order valence-corrected chi connectivity index (χ2v) is 17.3. The Bertz CT molecular complexity index is 2470. The van der Waals surface area contributed by atoms with E-state index in [0.717, 1.165) is 17.5 Å². The number of carbonyl (C=O) groups is 2. The van der Waals surface area contributed by atoms with Crippen LogP contribution in [0.5, 0.6) is 0 Å². The Kier molecular flexibility index (Phi) is 17.6. The Morgan fingerprint density at radius 1 is 0.780 bits per heavy atom. The summed E-state index contributed by atoms with van der Waals surface area (Å²) >= 11 is 6.53. The molecule has 4 aromatic heterocycles. The highest BCUT2D eigenvalue weighted by Crippen LogP contribution is 2.27. The summed E-state index contributed by atoms with van der Waals surface area (Å²) in [5.41, 5.74) is 0.429. The van der Waals surface area contributed by atoms with E-state index < -0.39 is 34.4 Å². The van der Waals surface area contributed by atoms with E-state index in [-0.39, 0.29) is 45.5 Å². The molecule has 316 valence electrons. The molecule has 0 aliphatic rings. The molecule has 59 heavy (non-hydrogen) atoms. The lowest BCUT2D eigenvalue weighted by molar-refractivity contribution is 0.0514. The summed E-state index contributed by atoms with van der Waals surface area (Å²) in [6, 6.07) is 13.8. The van der Waals surface area contributed by atoms with Crippen molar-refractivity contribution in [1.82, 2.24) is 14.5 Å². The zero-order chi connectivity index (χ0) is 43.4. The molecule has 0 atom stereocenters. The minimum Gasteiger partial charge on any atom is -0.462 e. The first-order chi connectivity index (χ1) is 28.1. The van der Waals surface area contributed by atoms with Crippen molar-refractivity contribution < 1.29 is 27.8 Å². The maximum Gasteiger partial charge on any atom is 0.343 e. The molecule has 0 fully saturated rings. The van der Waals surface area contributed by atoms with E-state index in [1.54, 1.807) is 53.2 Å². The van der Waals surface area contributed by atoms with E-state index in [0.29, 0.717) is 42.3 Å². The van der Waals surface area contributed by atoms with Crippen LogP contribution in [0.25, 0.3) is 21.8 Å². The minimum absolute atomic E-state index is 0.0703. The fourth-order valence-electron chi connectivity index (χ4n) is 6.18. The molecule has 0 radical (unpaired) electrons. The van der Waals surface area contributed by atoms with Crippen molar-refractivity contribution in [3.8, 4) is 0 Å². The highest BCUT2D eigenvalue weighted by molar-refractivity contribution is 9.10. The molecule has 2 aromatic carbocycles. The van der Waals surface area contributed by atoms with Gasteiger partial charge < -0.3 is 28.8 Å². The lowest BCUT2D eigenvalue weighted by Crippen LogP contribution is -2.23. The molecule has 0 spiro atoms. The summed E-state index contributed by atoms with van der Waals surface area (Å²) in [5.74, 6) is -1.84. The number of thiophene rings is 2. The predicted octanol–water partition coefficient (Wildman–Crippen LogP) is 9.87. The molecule has 0 saturated heterocycles. The van der Waals surface area contributed by atoms with E-state index in [1.807, 2.05) is 68.8 Å². The third kappa shape index (κ3) is 12.4. The SMILES string of the molecule is CCOC(=O)c1cn(CC(C)C)c2cc(Br)c(F)cc2c1=O.CCOC(=O)c1cn(CC(C)C)c2cc(N(C)Cc3cccs3)c(F)cc2c1=O.CNCc1cccs1. The van der Waals surface area contributed by atoms with Gasteiger partial charge in [-0.15, -0.1) is 22.7 Å². The summed E-state index contributed by atoms with van der Waals surface area (Å²) in [4.78, 5) is 53.9. The van der Waals surface area contributed by atoms with Crippen LogP contribution in [0, 0.1) is 23.5 Å². The van der Waals surface area contributed by atoms with Crippen LogP contribution >= 0.6 is 38.6 Å². The number of aromatic nitrogens is 2. The Hall–Kier alpha value is -4.70. The lowest BCUT2D eigenvalue weighted by Gasteiger charge is -2.22. The van der Waals surface area contributed by atoms with Crippen LogP contribution in [0.2, 0.25) is 0 Å². The van der Waals surface area contributed by atoms with Gasteiger partial charge in [0.2, 0.25) is 10.9 Å². The summed E-state index contributed by atoms with van der Waals surface area (Å²) in [6.45, 7) is 14.6. The first kappa shape index (κ1) is 47.0. The number of esters is 2. The van der Waals surface area contributed by atoms with Gasteiger partial charge in [-0.25, -0.2) is 18.4 Å². The lowest BCUT2D eigenvalue weighted by atomic mass is 10.1. The molecule has 15 heteroatoms. The fraction of sp³-hybridized carbons (Fsp3) is 0.364. The molecule has 4 heterocycles. The van der Waals surface area contributed by atoms with Gasteiger partial charge in [0.1, 0.15) is 22.8 Å². The third-order valence-corrected chi connectivity index (χ3v) is 11.0. The normalized spacial score (nSPS) is 11.0. The summed E-state index contributed by atoms with van der Waals surface area (Å²) in [5, 5.41) is 7.51. The largest absolute Gasteiger partial charge is 0.462 e. The number of hydrogen-bond acceptors (Lipinski definition) is 10. The Labute approximate surface area is 359 Å². The van der Waals surface area contributed by atoms with Crippen LogP contribution in [0.4, 0.5) is 14.5 Å². The molecular weight excluding hydrogens is 863 g/mol. The van der Waals surface area contributed by atoms with Gasteiger partial charge in [0, 0.05) is 59.6 Å². The number of carbonyl (C=O) groups excluding carboxylic acids is 2. The number of pyridine rings is 2.